The summed E-state index contributed by atoms with van der Waals surface area (Å²) < 4.78 is 32.6. The molecule has 204 valence electrons. The third-order valence-corrected chi connectivity index (χ3v) is 8.75. The first-order valence-electron chi connectivity index (χ1n) is 14.1. The zero-order chi connectivity index (χ0) is 29.2. The second-order valence-electron chi connectivity index (χ2n) is 10.5. The van der Waals surface area contributed by atoms with Crippen molar-refractivity contribution in [2.24, 2.45) is 0 Å². The summed E-state index contributed by atoms with van der Waals surface area (Å²) in [6, 6.07) is 28.5. The van der Waals surface area contributed by atoms with E-state index in [1.807, 2.05) is 47.5 Å². The Bertz CT molecular complexity index is 1960. The standard InChI is InChI=1S/C33H26N3OS2.Pt/c1-33(2,3)21-12-14-34-27(16-21)25-18-30-24(13-15-38-30)32-26(25)19-31(39-32)37-23-9-7-8-22(17-23)36-20-35(4)28-10-5-6-11-29(28)36;/h5-16,18,20H,1-4H3;/q-3;/i4D3;. The van der Waals surface area contributed by atoms with Crippen LogP contribution >= 0.6 is 22.7 Å². The molecule has 6 aromatic rings. The third kappa shape index (κ3) is 4.72. The summed E-state index contributed by atoms with van der Waals surface area (Å²) in [7, 11) is 0. The number of nitrogens with zero attached hydrogens (tertiary/aromatic N) is 3. The second kappa shape index (κ2) is 10.3. The predicted octanol–water partition coefficient (Wildman–Crippen LogP) is 9.57. The first kappa shape index (κ1) is 23.5. The van der Waals surface area contributed by atoms with E-state index in [-0.39, 0.29) is 26.5 Å². The minimum Gasteiger partial charge on any atom is -0.504 e. The van der Waals surface area contributed by atoms with E-state index in [0.717, 1.165) is 27.0 Å². The summed E-state index contributed by atoms with van der Waals surface area (Å²) in [5.41, 5.74) is 5.24. The van der Waals surface area contributed by atoms with Crippen LogP contribution in [0, 0.1) is 18.8 Å². The van der Waals surface area contributed by atoms with Crippen molar-refractivity contribution in [1.29, 1.82) is 0 Å². The Morgan fingerprint density at radius 2 is 1.85 bits per heavy atom. The molecule has 0 bridgehead atoms. The molecule has 0 atom stereocenters. The van der Waals surface area contributed by atoms with Crippen LogP contribution in [0.2, 0.25) is 0 Å². The SMILES string of the molecule is [2H]C([2H])([2H])N1[CH-]N(c2[c-]c(Oc3[c-]c4c(-c5cc(C(C)(C)C)ccn5)cc5sccc5c4s3)ccc2)c2ccccc21.[Pt]. The Morgan fingerprint density at radius 1 is 1.00 bits per heavy atom. The molecule has 0 saturated carbocycles. The number of anilines is 3. The van der Waals surface area contributed by atoms with Gasteiger partial charge < -0.3 is 14.5 Å². The van der Waals surface area contributed by atoms with Gasteiger partial charge in [-0.15, -0.1) is 41.3 Å². The van der Waals surface area contributed by atoms with Gasteiger partial charge in [-0.2, -0.15) is 29.5 Å². The molecule has 1 aliphatic heterocycles. The molecule has 4 nitrogen and oxygen atoms in total. The van der Waals surface area contributed by atoms with Gasteiger partial charge in [0.25, 0.3) is 0 Å². The van der Waals surface area contributed by atoms with Crippen molar-refractivity contribution in [1.82, 2.24) is 4.98 Å². The van der Waals surface area contributed by atoms with E-state index in [0.29, 0.717) is 22.2 Å². The zero-order valence-electron chi connectivity index (χ0n) is 25.0. The number of thiophene rings is 2. The van der Waals surface area contributed by atoms with Gasteiger partial charge in [0.2, 0.25) is 0 Å². The van der Waals surface area contributed by atoms with Crippen LogP contribution in [0.4, 0.5) is 17.1 Å². The Kier molecular flexibility index (Phi) is 6.08. The van der Waals surface area contributed by atoms with E-state index in [1.165, 1.54) is 20.5 Å². The van der Waals surface area contributed by atoms with Crippen molar-refractivity contribution in [3.8, 4) is 22.1 Å². The molecular weight excluding hydrogens is 714 g/mol. The number of fused-ring (bicyclic) bond motifs is 4. The number of benzene rings is 3. The van der Waals surface area contributed by atoms with Crippen LogP contribution in [0.15, 0.2) is 78.3 Å². The fourth-order valence-corrected chi connectivity index (χ4v) is 6.78. The molecule has 0 amide bonds. The third-order valence-electron chi connectivity index (χ3n) is 6.88. The molecule has 40 heavy (non-hydrogen) atoms. The fraction of sp³-hybridized carbons (Fsp3) is 0.152. The summed E-state index contributed by atoms with van der Waals surface area (Å²) in [5.74, 6) is 0.518. The smallest absolute Gasteiger partial charge is 0.107 e. The fourth-order valence-electron chi connectivity index (χ4n) is 4.86. The van der Waals surface area contributed by atoms with E-state index in [1.54, 1.807) is 35.4 Å². The minimum atomic E-state index is -2.31. The molecule has 3 aromatic carbocycles. The minimum absolute atomic E-state index is 0. The van der Waals surface area contributed by atoms with Gasteiger partial charge in [-0.1, -0.05) is 55.3 Å². The average Bonchev–Trinajstić information content (AvgIpc) is 3.68. The van der Waals surface area contributed by atoms with Crippen molar-refractivity contribution >= 4 is 59.9 Å². The van der Waals surface area contributed by atoms with Crippen molar-refractivity contribution in [3.63, 3.8) is 0 Å². The van der Waals surface area contributed by atoms with Gasteiger partial charge in [0.05, 0.1) is 0 Å². The van der Waals surface area contributed by atoms with Gasteiger partial charge in [0.1, 0.15) is 5.06 Å². The van der Waals surface area contributed by atoms with Crippen LogP contribution in [0.5, 0.6) is 10.8 Å². The second-order valence-corrected chi connectivity index (χ2v) is 12.4. The molecule has 0 aliphatic carbocycles. The van der Waals surface area contributed by atoms with Gasteiger partial charge in [0.15, 0.2) is 0 Å². The number of ether oxygens (including phenoxy) is 1. The molecule has 1 aliphatic rings. The summed E-state index contributed by atoms with van der Waals surface area (Å²) in [5, 5.41) is 4.88. The molecule has 3 aromatic heterocycles. The molecule has 0 unspecified atom stereocenters. The maximum Gasteiger partial charge on any atom is 0.107 e. The van der Waals surface area contributed by atoms with E-state index in [9.17, 15) is 0 Å². The van der Waals surface area contributed by atoms with Crippen molar-refractivity contribution in [2.45, 2.75) is 26.2 Å². The van der Waals surface area contributed by atoms with E-state index in [4.69, 9.17) is 13.8 Å². The van der Waals surface area contributed by atoms with Crippen LogP contribution in [0.3, 0.4) is 0 Å². The maximum atomic E-state index is 7.98. The molecular formula is C33H26N3OPtS2-3. The van der Waals surface area contributed by atoms with Gasteiger partial charge >= 0.3 is 0 Å². The summed E-state index contributed by atoms with van der Waals surface area (Å²) in [4.78, 5) is 7.87. The zero-order valence-corrected chi connectivity index (χ0v) is 25.9. The van der Waals surface area contributed by atoms with E-state index in [2.05, 4.69) is 62.5 Å². The van der Waals surface area contributed by atoms with Gasteiger partial charge in [-0.25, -0.2) is 0 Å². The van der Waals surface area contributed by atoms with Crippen LogP contribution < -0.4 is 14.5 Å². The van der Waals surface area contributed by atoms with E-state index >= 15 is 0 Å². The molecule has 0 radical (unpaired) electrons. The predicted molar refractivity (Wildman–Crippen MR) is 165 cm³/mol. The van der Waals surface area contributed by atoms with E-state index < -0.39 is 6.98 Å². The summed E-state index contributed by atoms with van der Waals surface area (Å²) in [6.45, 7) is 5.90. The largest absolute Gasteiger partial charge is 0.504 e. The first-order chi connectivity index (χ1) is 20.1. The Balaban J connectivity index is 0.00000329. The summed E-state index contributed by atoms with van der Waals surface area (Å²) >= 11 is 3.26. The Hall–Kier alpha value is -3.18. The first-order valence-corrected chi connectivity index (χ1v) is 14.3. The van der Waals surface area contributed by atoms with Crippen molar-refractivity contribution < 1.29 is 29.9 Å². The average molecular weight is 743 g/mol. The van der Waals surface area contributed by atoms with Crippen LogP contribution in [0.25, 0.3) is 31.4 Å². The molecule has 4 heterocycles. The molecule has 0 saturated heterocycles. The normalized spacial score (nSPS) is 14.5. The Morgan fingerprint density at radius 3 is 2.67 bits per heavy atom. The van der Waals surface area contributed by atoms with Gasteiger partial charge in [0, 0.05) is 58.9 Å². The molecule has 7 rings (SSSR count). The van der Waals surface area contributed by atoms with Crippen molar-refractivity contribution in [2.75, 3.05) is 16.8 Å². The molecule has 7 heteroatoms. The van der Waals surface area contributed by atoms with Gasteiger partial charge in [-0.05, 0) is 53.0 Å². The molecule has 0 spiro atoms. The molecule has 0 fully saturated rings. The number of hydrogen-bond donors (Lipinski definition) is 0. The van der Waals surface area contributed by atoms with Gasteiger partial charge in [-0.3, -0.25) is 4.98 Å². The summed E-state index contributed by atoms with van der Waals surface area (Å²) in [6.07, 6.45) is 1.88. The number of pyridine rings is 1. The number of hydrogen-bond acceptors (Lipinski definition) is 6. The van der Waals surface area contributed by atoms with Crippen LogP contribution in [-0.4, -0.2) is 12.0 Å². The maximum absolute atomic E-state index is 7.98. The topological polar surface area (TPSA) is 28.6 Å². The van der Waals surface area contributed by atoms with Crippen LogP contribution in [-0.2, 0) is 26.5 Å². The quantitative estimate of drug-likeness (QED) is 0.168. The van der Waals surface area contributed by atoms with Crippen LogP contribution in [0.1, 0.15) is 30.4 Å². The monoisotopic (exact) mass is 742 g/mol. The number of para-hydroxylation sites is 2. The number of rotatable bonds is 4. The Labute approximate surface area is 261 Å². The molecule has 0 N–H and O–H groups in total. The number of aromatic nitrogens is 1. The van der Waals surface area contributed by atoms with Crippen molar-refractivity contribution in [3.05, 3.63) is 103 Å².